The quantitative estimate of drug-likeness (QED) is 0.362. The number of fused-ring (bicyclic) bond motifs is 3. The van der Waals surface area contributed by atoms with Gasteiger partial charge in [-0.1, -0.05) is 54.1 Å². The van der Waals surface area contributed by atoms with Gasteiger partial charge in [-0.25, -0.2) is 5.01 Å². The van der Waals surface area contributed by atoms with Gasteiger partial charge in [0.15, 0.2) is 0 Å². The van der Waals surface area contributed by atoms with Crippen molar-refractivity contribution in [1.29, 1.82) is 0 Å². The summed E-state index contributed by atoms with van der Waals surface area (Å²) in [5, 5.41) is 15.8. The van der Waals surface area contributed by atoms with Crippen LogP contribution in [-0.4, -0.2) is 26.8 Å². The predicted octanol–water partition coefficient (Wildman–Crippen LogP) is 5.90. The molecule has 1 aliphatic rings. The van der Waals surface area contributed by atoms with Gasteiger partial charge in [0, 0.05) is 16.1 Å². The highest BCUT2D eigenvalue weighted by atomic mass is 35.5. The molecule has 0 saturated heterocycles. The number of aromatic nitrogens is 3. The summed E-state index contributed by atoms with van der Waals surface area (Å²) in [7, 11) is 0. The van der Waals surface area contributed by atoms with Gasteiger partial charge in [-0.05, 0) is 42.8 Å². The molecule has 1 aromatic heterocycles. The van der Waals surface area contributed by atoms with E-state index >= 15 is 0 Å². The average Bonchev–Trinajstić information content (AvgIpc) is 3.12. The van der Waals surface area contributed by atoms with Gasteiger partial charge in [-0.15, -0.1) is 23.4 Å². The lowest BCUT2D eigenvalue weighted by Gasteiger charge is -2.18. The van der Waals surface area contributed by atoms with Crippen LogP contribution in [0.4, 0.5) is 19.1 Å². The molecule has 3 aromatic carbocycles. The number of nitrogens with zero attached hydrogens (tertiary/aromatic N) is 5. The minimum Gasteiger partial charge on any atom is -0.406 e. The summed E-state index contributed by atoms with van der Waals surface area (Å²) >= 11 is 6.09. The van der Waals surface area contributed by atoms with E-state index < -0.39 is 6.36 Å². The number of ether oxygens (including phenoxy) is 1. The zero-order valence-corrected chi connectivity index (χ0v) is 18.5. The van der Waals surface area contributed by atoms with Crippen LogP contribution in [-0.2, 0) is 6.54 Å². The summed E-state index contributed by atoms with van der Waals surface area (Å²) in [5.41, 5.74) is 4.02. The SMILES string of the molecule is Cc1nnc2n1-c1ccccc1C(c1ccc(Cl)cc1)=NN2Cc1ccc(OC(F)(F)F)cc1. The highest BCUT2D eigenvalue weighted by Gasteiger charge is 2.31. The van der Waals surface area contributed by atoms with Crippen LogP contribution in [0.3, 0.4) is 0 Å². The minimum absolute atomic E-state index is 0.246. The smallest absolute Gasteiger partial charge is 0.406 e. The van der Waals surface area contributed by atoms with Crippen LogP contribution >= 0.6 is 11.6 Å². The molecule has 34 heavy (non-hydrogen) atoms. The number of hydrogen-bond acceptors (Lipinski definition) is 5. The highest BCUT2D eigenvalue weighted by molar-refractivity contribution is 6.30. The molecular weight excluding hydrogens is 467 g/mol. The first-order valence-corrected chi connectivity index (χ1v) is 10.6. The van der Waals surface area contributed by atoms with Crippen LogP contribution in [0.2, 0.25) is 5.02 Å². The Morgan fingerprint density at radius 1 is 0.912 bits per heavy atom. The van der Waals surface area contributed by atoms with Gasteiger partial charge in [0.2, 0.25) is 0 Å². The van der Waals surface area contributed by atoms with Gasteiger partial charge < -0.3 is 4.74 Å². The molecule has 172 valence electrons. The average molecular weight is 484 g/mol. The maximum absolute atomic E-state index is 12.5. The molecule has 0 radical (unpaired) electrons. The zero-order chi connectivity index (χ0) is 23.9. The number of hydrogen-bond donors (Lipinski definition) is 0. The van der Waals surface area contributed by atoms with Gasteiger partial charge in [0.05, 0.1) is 12.2 Å². The van der Waals surface area contributed by atoms with Crippen molar-refractivity contribution in [2.45, 2.75) is 19.8 Å². The predicted molar refractivity (Wildman–Crippen MR) is 122 cm³/mol. The van der Waals surface area contributed by atoms with Crippen molar-refractivity contribution < 1.29 is 17.9 Å². The molecular formula is C24H17ClF3N5O. The van der Waals surface area contributed by atoms with Crippen molar-refractivity contribution >= 4 is 23.3 Å². The van der Waals surface area contributed by atoms with Crippen LogP contribution in [0.15, 0.2) is 77.9 Å². The number of rotatable bonds is 4. The van der Waals surface area contributed by atoms with Crippen LogP contribution in [0.5, 0.6) is 5.75 Å². The zero-order valence-electron chi connectivity index (χ0n) is 17.8. The van der Waals surface area contributed by atoms with E-state index in [2.05, 4.69) is 14.9 Å². The Kier molecular flexibility index (Phi) is 5.49. The van der Waals surface area contributed by atoms with Gasteiger partial charge in [-0.2, -0.15) is 5.10 Å². The highest BCUT2D eigenvalue weighted by Crippen LogP contribution is 2.31. The first-order chi connectivity index (χ1) is 16.3. The van der Waals surface area contributed by atoms with E-state index in [0.29, 0.717) is 28.1 Å². The third-order valence-electron chi connectivity index (χ3n) is 5.27. The molecule has 6 nitrogen and oxygen atoms in total. The molecule has 0 fully saturated rings. The van der Waals surface area contributed by atoms with Crippen LogP contribution in [0, 0.1) is 6.92 Å². The fraction of sp³-hybridized carbons (Fsp3) is 0.125. The number of anilines is 1. The maximum Gasteiger partial charge on any atom is 0.573 e. The lowest BCUT2D eigenvalue weighted by molar-refractivity contribution is -0.274. The number of hydrazone groups is 1. The minimum atomic E-state index is -4.75. The van der Waals surface area contributed by atoms with E-state index in [0.717, 1.165) is 16.8 Å². The second-order valence-corrected chi connectivity index (χ2v) is 8.04. The Bertz CT molecular complexity index is 1360. The molecule has 4 aromatic rings. The van der Waals surface area contributed by atoms with Crippen LogP contribution in [0.25, 0.3) is 5.69 Å². The molecule has 1 aliphatic heterocycles. The largest absolute Gasteiger partial charge is 0.573 e. The standard InChI is InChI=1S/C24H17ClF3N5O/c1-15-29-30-23-32(14-16-6-12-19(13-7-16)34-24(26,27)28)31-22(17-8-10-18(25)11-9-17)20-4-2-3-5-21(20)33(15)23/h2-13H,14H2,1H3. The van der Waals surface area contributed by atoms with E-state index in [9.17, 15) is 13.2 Å². The summed E-state index contributed by atoms with van der Waals surface area (Å²) in [5.74, 6) is 0.877. The molecule has 0 atom stereocenters. The molecule has 0 amide bonds. The first kappa shape index (κ1) is 22.0. The van der Waals surface area contributed by atoms with Crippen molar-refractivity contribution in [2.75, 3.05) is 5.01 Å². The van der Waals surface area contributed by atoms with E-state index in [1.165, 1.54) is 12.1 Å². The molecule has 5 rings (SSSR count). The molecule has 0 aliphatic carbocycles. The summed E-state index contributed by atoms with van der Waals surface area (Å²) < 4.78 is 43.4. The van der Waals surface area contributed by atoms with Crippen molar-refractivity contribution in [3.05, 3.63) is 100 Å². The maximum atomic E-state index is 12.5. The van der Waals surface area contributed by atoms with Crippen molar-refractivity contribution in [1.82, 2.24) is 14.8 Å². The van der Waals surface area contributed by atoms with Gasteiger partial charge in [-0.3, -0.25) is 4.57 Å². The number of para-hydroxylation sites is 1. The number of benzene rings is 3. The third kappa shape index (κ3) is 4.34. The lowest BCUT2D eigenvalue weighted by atomic mass is 10.0. The van der Waals surface area contributed by atoms with Crippen molar-refractivity contribution in [2.24, 2.45) is 5.10 Å². The summed E-state index contributed by atoms with van der Waals surface area (Å²) in [6.07, 6.45) is -4.75. The Morgan fingerprint density at radius 2 is 1.62 bits per heavy atom. The molecule has 10 heteroatoms. The van der Waals surface area contributed by atoms with Gasteiger partial charge in [0.1, 0.15) is 17.3 Å². The molecule has 0 saturated carbocycles. The number of alkyl halides is 3. The van der Waals surface area contributed by atoms with Gasteiger partial charge in [0.25, 0.3) is 5.95 Å². The monoisotopic (exact) mass is 483 g/mol. The normalized spacial score (nSPS) is 13.1. The molecule has 2 heterocycles. The number of halogens is 4. The Hall–Kier alpha value is -3.85. The second kappa shape index (κ2) is 8.49. The van der Waals surface area contributed by atoms with E-state index in [-0.39, 0.29) is 12.3 Å². The van der Waals surface area contributed by atoms with Crippen molar-refractivity contribution in [3.8, 4) is 11.4 Å². The van der Waals surface area contributed by atoms with E-state index in [1.54, 1.807) is 29.3 Å². The lowest BCUT2D eigenvalue weighted by Crippen LogP contribution is -2.20. The Labute approximate surface area is 197 Å². The fourth-order valence-electron chi connectivity index (χ4n) is 3.79. The summed E-state index contributed by atoms with van der Waals surface area (Å²) in [6.45, 7) is 2.09. The van der Waals surface area contributed by atoms with Crippen molar-refractivity contribution in [3.63, 3.8) is 0 Å². The topological polar surface area (TPSA) is 55.5 Å². The molecule has 0 bridgehead atoms. The molecule has 0 N–H and O–H groups in total. The third-order valence-corrected chi connectivity index (χ3v) is 5.52. The van der Waals surface area contributed by atoms with Crippen LogP contribution < -0.4 is 9.75 Å². The molecule has 0 unspecified atom stereocenters. The van der Waals surface area contributed by atoms with Crippen LogP contribution in [0.1, 0.15) is 22.5 Å². The second-order valence-electron chi connectivity index (χ2n) is 7.60. The summed E-state index contributed by atoms with van der Waals surface area (Å²) in [4.78, 5) is 0. The fourth-order valence-corrected chi connectivity index (χ4v) is 3.91. The van der Waals surface area contributed by atoms with Gasteiger partial charge >= 0.3 is 6.36 Å². The van der Waals surface area contributed by atoms with E-state index in [1.807, 2.05) is 47.9 Å². The first-order valence-electron chi connectivity index (χ1n) is 10.3. The van der Waals surface area contributed by atoms with E-state index in [4.69, 9.17) is 16.7 Å². The Balaban J connectivity index is 1.59. The molecule has 0 spiro atoms. The summed E-state index contributed by atoms with van der Waals surface area (Å²) in [6, 6.07) is 20.8. The number of aryl methyl sites for hydroxylation is 1. The Morgan fingerprint density at radius 3 is 2.32 bits per heavy atom.